The highest BCUT2D eigenvalue weighted by molar-refractivity contribution is 5.94. The molecule has 0 unspecified atom stereocenters. The molecule has 0 aliphatic heterocycles. The topological polar surface area (TPSA) is 64.1 Å². The van der Waals surface area contributed by atoms with E-state index in [9.17, 15) is 4.79 Å². The number of aryl methyl sites for hydroxylation is 1. The number of esters is 1. The standard InChI is InChI=1S/C25H23N3O2/c1-3-14-30-25(29)19-10-7-11-20(16-19)26-24-21-12-4-5-13-22(21)27-23(28-24)18-9-6-8-17(2)15-18/h4-13,15-16H,3,14H2,1-2H3,(H,26,27,28). The summed E-state index contributed by atoms with van der Waals surface area (Å²) in [7, 11) is 0. The molecule has 0 spiro atoms. The lowest BCUT2D eigenvalue weighted by Crippen LogP contribution is -2.06. The summed E-state index contributed by atoms with van der Waals surface area (Å²) in [6, 6.07) is 23.3. The van der Waals surface area contributed by atoms with Gasteiger partial charge in [0, 0.05) is 16.6 Å². The summed E-state index contributed by atoms with van der Waals surface area (Å²) in [5, 5.41) is 4.27. The van der Waals surface area contributed by atoms with E-state index in [1.54, 1.807) is 12.1 Å². The lowest BCUT2D eigenvalue weighted by Gasteiger charge is -2.12. The van der Waals surface area contributed by atoms with Crippen molar-refractivity contribution < 1.29 is 9.53 Å². The van der Waals surface area contributed by atoms with Gasteiger partial charge in [0.1, 0.15) is 5.82 Å². The summed E-state index contributed by atoms with van der Waals surface area (Å²) in [5.74, 6) is 1.02. The molecule has 150 valence electrons. The van der Waals surface area contributed by atoms with Crippen LogP contribution >= 0.6 is 0 Å². The molecule has 0 fully saturated rings. The average molecular weight is 397 g/mol. The van der Waals surface area contributed by atoms with E-state index in [0.29, 0.717) is 23.8 Å². The minimum Gasteiger partial charge on any atom is -0.462 e. The Morgan fingerprint density at radius 1 is 0.967 bits per heavy atom. The molecule has 30 heavy (non-hydrogen) atoms. The maximum atomic E-state index is 12.2. The zero-order valence-corrected chi connectivity index (χ0v) is 17.1. The highest BCUT2D eigenvalue weighted by Gasteiger charge is 2.12. The Labute approximate surface area is 175 Å². The van der Waals surface area contributed by atoms with Gasteiger partial charge in [0.15, 0.2) is 5.82 Å². The normalized spacial score (nSPS) is 10.7. The third-order valence-corrected chi connectivity index (χ3v) is 4.68. The molecule has 1 heterocycles. The molecule has 4 rings (SSSR count). The van der Waals surface area contributed by atoms with Crippen LogP contribution in [0.1, 0.15) is 29.3 Å². The van der Waals surface area contributed by atoms with Crippen molar-refractivity contribution in [1.29, 1.82) is 0 Å². The number of anilines is 2. The van der Waals surface area contributed by atoms with Crippen LogP contribution < -0.4 is 5.32 Å². The van der Waals surface area contributed by atoms with Gasteiger partial charge in [0.25, 0.3) is 0 Å². The number of nitrogens with zero attached hydrogens (tertiary/aromatic N) is 2. The van der Waals surface area contributed by atoms with Crippen LogP contribution in [0, 0.1) is 6.92 Å². The summed E-state index contributed by atoms with van der Waals surface area (Å²) in [5.41, 5.74) is 4.23. The Balaban J connectivity index is 1.73. The zero-order valence-electron chi connectivity index (χ0n) is 17.1. The second-order valence-corrected chi connectivity index (χ2v) is 7.12. The molecule has 1 N–H and O–H groups in total. The first-order valence-corrected chi connectivity index (χ1v) is 10.0. The van der Waals surface area contributed by atoms with Crippen molar-refractivity contribution in [3.8, 4) is 11.4 Å². The molecule has 0 aliphatic rings. The fraction of sp³-hybridized carbons (Fsp3) is 0.160. The summed E-state index contributed by atoms with van der Waals surface area (Å²) in [6.07, 6.45) is 0.790. The average Bonchev–Trinajstić information content (AvgIpc) is 2.77. The number of aromatic nitrogens is 2. The molecule has 5 heteroatoms. The molecule has 0 amide bonds. The van der Waals surface area contributed by atoms with Gasteiger partial charge < -0.3 is 10.1 Å². The van der Waals surface area contributed by atoms with Crippen LogP contribution in [0.4, 0.5) is 11.5 Å². The third kappa shape index (κ3) is 4.30. The number of carbonyl (C=O) groups is 1. The van der Waals surface area contributed by atoms with Crippen molar-refractivity contribution in [1.82, 2.24) is 9.97 Å². The van der Waals surface area contributed by atoms with Crippen molar-refractivity contribution >= 4 is 28.4 Å². The highest BCUT2D eigenvalue weighted by Crippen LogP contribution is 2.28. The SMILES string of the molecule is CCCOC(=O)c1cccc(Nc2nc(-c3cccc(C)c3)nc3ccccc23)c1. The number of ether oxygens (including phenoxy) is 1. The van der Waals surface area contributed by atoms with Gasteiger partial charge in [0.05, 0.1) is 17.7 Å². The van der Waals surface area contributed by atoms with E-state index in [2.05, 4.69) is 11.4 Å². The number of rotatable bonds is 6. The van der Waals surface area contributed by atoms with E-state index in [-0.39, 0.29) is 5.97 Å². The van der Waals surface area contributed by atoms with E-state index in [1.165, 1.54) is 0 Å². The number of nitrogens with one attached hydrogen (secondary N) is 1. The molecular formula is C25H23N3O2. The second kappa shape index (κ2) is 8.74. The Bertz CT molecular complexity index is 1200. The van der Waals surface area contributed by atoms with Crippen LogP contribution in [0.15, 0.2) is 72.8 Å². The lowest BCUT2D eigenvalue weighted by atomic mass is 10.1. The fourth-order valence-electron chi connectivity index (χ4n) is 3.22. The summed E-state index contributed by atoms with van der Waals surface area (Å²) in [4.78, 5) is 21.8. The van der Waals surface area contributed by atoms with Crippen LogP contribution in [0.5, 0.6) is 0 Å². The Morgan fingerprint density at radius 2 is 1.80 bits per heavy atom. The van der Waals surface area contributed by atoms with Crippen LogP contribution in [0.2, 0.25) is 0 Å². The summed E-state index contributed by atoms with van der Waals surface area (Å²) >= 11 is 0. The molecule has 3 aromatic carbocycles. The second-order valence-electron chi connectivity index (χ2n) is 7.12. The zero-order chi connectivity index (χ0) is 20.9. The van der Waals surface area contributed by atoms with E-state index in [4.69, 9.17) is 14.7 Å². The Hall–Kier alpha value is -3.73. The Morgan fingerprint density at radius 3 is 2.63 bits per heavy atom. The summed E-state index contributed by atoms with van der Waals surface area (Å²) < 4.78 is 5.25. The number of hydrogen-bond donors (Lipinski definition) is 1. The monoisotopic (exact) mass is 397 g/mol. The van der Waals surface area contributed by atoms with E-state index in [0.717, 1.165) is 34.1 Å². The summed E-state index contributed by atoms with van der Waals surface area (Å²) in [6.45, 7) is 4.43. The van der Waals surface area contributed by atoms with Gasteiger partial charge in [-0.25, -0.2) is 14.8 Å². The molecule has 0 radical (unpaired) electrons. The third-order valence-electron chi connectivity index (χ3n) is 4.68. The maximum absolute atomic E-state index is 12.2. The van der Waals surface area contributed by atoms with Crippen LogP contribution in [0.25, 0.3) is 22.3 Å². The fourth-order valence-corrected chi connectivity index (χ4v) is 3.22. The van der Waals surface area contributed by atoms with Gasteiger partial charge in [-0.15, -0.1) is 0 Å². The molecule has 0 bridgehead atoms. The van der Waals surface area contributed by atoms with Crippen LogP contribution in [-0.4, -0.2) is 22.5 Å². The number of para-hydroxylation sites is 1. The van der Waals surface area contributed by atoms with E-state index < -0.39 is 0 Å². The number of benzene rings is 3. The van der Waals surface area contributed by atoms with Gasteiger partial charge in [-0.05, 0) is 49.7 Å². The molecule has 0 saturated heterocycles. The van der Waals surface area contributed by atoms with Crippen molar-refractivity contribution in [2.75, 3.05) is 11.9 Å². The van der Waals surface area contributed by atoms with Gasteiger partial charge in [-0.3, -0.25) is 0 Å². The largest absolute Gasteiger partial charge is 0.462 e. The van der Waals surface area contributed by atoms with Crippen LogP contribution in [0.3, 0.4) is 0 Å². The first-order valence-electron chi connectivity index (χ1n) is 10.0. The van der Waals surface area contributed by atoms with Gasteiger partial charge >= 0.3 is 5.97 Å². The molecule has 5 nitrogen and oxygen atoms in total. The first-order chi connectivity index (χ1) is 14.6. The molecule has 0 atom stereocenters. The van der Waals surface area contributed by atoms with Crippen molar-refractivity contribution in [3.05, 3.63) is 83.9 Å². The molecular weight excluding hydrogens is 374 g/mol. The van der Waals surface area contributed by atoms with Gasteiger partial charge in [-0.1, -0.05) is 48.9 Å². The van der Waals surface area contributed by atoms with Crippen molar-refractivity contribution in [2.24, 2.45) is 0 Å². The number of carbonyl (C=O) groups excluding carboxylic acids is 1. The van der Waals surface area contributed by atoms with Gasteiger partial charge in [-0.2, -0.15) is 0 Å². The van der Waals surface area contributed by atoms with Crippen molar-refractivity contribution in [3.63, 3.8) is 0 Å². The number of fused-ring (bicyclic) bond motifs is 1. The minimum absolute atomic E-state index is 0.325. The molecule has 0 saturated carbocycles. The number of hydrogen-bond acceptors (Lipinski definition) is 5. The highest BCUT2D eigenvalue weighted by atomic mass is 16.5. The smallest absolute Gasteiger partial charge is 0.338 e. The maximum Gasteiger partial charge on any atom is 0.338 e. The molecule has 4 aromatic rings. The lowest BCUT2D eigenvalue weighted by molar-refractivity contribution is 0.0505. The predicted molar refractivity (Wildman–Crippen MR) is 120 cm³/mol. The van der Waals surface area contributed by atoms with E-state index >= 15 is 0 Å². The first kappa shape index (κ1) is 19.6. The quantitative estimate of drug-likeness (QED) is 0.409. The van der Waals surface area contributed by atoms with Crippen molar-refractivity contribution in [2.45, 2.75) is 20.3 Å². The van der Waals surface area contributed by atoms with Gasteiger partial charge in [0.2, 0.25) is 0 Å². The predicted octanol–water partition coefficient (Wildman–Crippen LogP) is 5.92. The van der Waals surface area contributed by atoms with E-state index in [1.807, 2.05) is 68.4 Å². The van der Waals surface area contributed by atoms with Crippen LogP contribution in [-0.2, 0) is 4.74 Å². The Kier molecular flexibility index (Phi) is 5.70. The molecule has 1 aromatic heterocycles. The molecule has 0 aliphatic carbocycles. The minimum atomic E-state index is -0.325.